The van der Waals surface area contributed by atoms with E-state index in [0.29, 0.717) is 19.4 Å². The normalized spacial score (nSPS) is 17.9. The predicted molar refractivity (Wildman–Crippen MR) is 71.5 cm³/mol. The molecule has 0 radical (unpaired) electrons. The van der Waals surface area contributed by atoms with Crippen LogP contribution in [0.15, 0.2) is 0 Å². The SMILES string of the molecule is CCOC(=O)CC(C)SCC1(CC(=O)OC)CC1. The fourth-order valence-electron chi connectivity index (χ4n) is 1.76. The van der Waals surface area contributed by atoms with Gasteiger partial charge in [0.15, 0.2) is 0 Å². The maximum atomic E-state index is 11.3. The molecule has 0 aromatic rings. The van der Waals surface area contributed by atoms with Crippen molar-refractivity contribution in [1.29, 1.82) is 0 Å². The molecule has 0 spiro atoms. The molecule has 0 amide bonds. The van der Waals surface area contributed by atoms with Crippen LogP contribution in [0.2, 0.25) is 0 Å². The van der Waals surface area contributed by atoms with Gasteiger partial charge in [0.1, 0.15) is 0 Å². The Morgan fingerprint density at radius 2 is 2.00 bits per heavy atom. The van der Waals surface area contributed by atoms with E-state index in [1.165, 1.54) is 7.11 Å². The average molecular weight is 274 g/mol. The van der Waals surface area contributed by atoms with Crippen LogP contribution in [0.5, 0.6) is 0 Å². The van der Waals surface area contributed by atoms with Gasteiger partial charge in [-0.1, -0.05) is 6.92 Å². The van der Waals surface area contributed by atoms with Crippen molar-refractivity contribution in [3.63, 3.8) is 0 Å². The van der Waals surface area contributed by atoms with Crippen LogP contribution in [0, 0.1) is 5.41 Å². The minimum atomic E-state index is -0.143. The van der Waals surface area contributed by atoms with Gasteiger partial charge in [-0.25, -0.2) is 0 Å². The summed E-state index contributed by atoms with van der Waals surface area (Å²) in [6, 6.07) is 0. The molecule has 4 nitrogen and oxygen atoms in total. The van der Waals surface area contributed by atoms with Gasteiger partial charge in [0.25, 0.3) is 0 Å². The number of rotatable bonds is 8. The lowest BCUT2D eigenvalue weighted by Crippen LogP contribution is -2.16. The van der Waals surface area contributed by atoms with Gasteiger partial charge in [-0.15, -0.1) is 0 Å². The molecular weight excluding hydrogens is 252 g/mol. The van der Waals surface area contributed by atoms with Crippen LogP contribution < -0.4 is 0 Å². The van der Waals surface area contributed by atoms with E-state index in [2.05, 4.69) is 0 Å². The van der Waals surface area contributed by atoms with Crippen molar-refractivity contribution in [3.05, 3.63) is 0 Å². The number of hydrogen-bond acceptors (Lipinski definition) is 5. The molecular formula is C13H22O4S. The van der Waals surface area contributed by atoms with Gasteiger partial charge in [-0.05, 0) is 30.9 Å². The van der Waals surface area contributed by atoms with Gasteiger partial charge in [-0.3, -0.25) is 9.59 Å². The predicted octanol–water partition coefficient (Wildman–Crippen LogP) is 2.40. The molecule has 18 heavy (non-hydrogen) atoms. The number of esters is 2. The third-order valence-electron chi connectivity index (χ3n) is 3.14. The summed E-state index contributed by atoms with van der Waals surface area (Å²) in [5, 5.41) is 0.235. The number of methoxy groups -OCH3 is 1. The zero-order valence-corrected chi connectivity index (χ0v) is 12.2. The largest absolute Gasteiger partial charge is 0.469 e. The van der Waals surface area contributed by atoms with Gasteiger partial charge < -0.3 is 9.47 Å². The molecule has 5 heteroatoms. The zero-order chi connectivity index (χ0) is 13.6. The first-order chi connectivity index (χ1) is 8.51. The summed E-state index contributed by atoms with van der Waals surface area (Å²) < 4.78 is 9.62. The summed E-state index contributed by atoms with van der Waals surface area (Å²) >= 11 is 1.74. The fourth-order valence-corrected chi connectivity index (χ4v) is 3.04. The first-order valence-electron chi connectivity index (χ1n) is 6.35. The van der Waals surface area contributed by atoms with E-state index in [0.717, 1.165) is 18.6 Å². The highest BCUT2D eigenvalue weighted by atomic mass is 32.2. The molecule has 0 N–H and O–H groups in total. The topological polar surface area (TPSA) is 52.6 Å². The van der Waals surface area contributed by atoms with Crippen molar-refractivity contribution in [2.45, 2.75) is 44.8 Å². The third kappa shape index (κ3) is 5.29. The Balaban J connectivity index is 2.23. The van der Waals surface area contributed by atoms with Gasteiger partial charge in [0.05, 0.1) is 26.6 Å². The Kier molecular flexibility index (Phi) is 5.99. The van der Waals surface area contributed by atoms with Gasteiger partial charge in [0, 0.05) is 5.25 Å². The monoisotopic (exact) mass is 274 g/mol. The zero-order valence-electron chi connectivity index (χ0n) is 11.4. The Hall–Kier alpha value is -0.710. The Morgan fingerprint density at radius 3 is 2.50 bits per heavy atom. The minimum Gasteiger partial charge on any atom is -0.469 e. The first kappa shape index (κ1) is 15.3. The standard InChI is InChI=1S/C13H22O4S/c1-4-17-11(14)7-10(2)18-9-13(5-6-13)8-12(15)16-3/h10H,4-9H2,1-3H3. The summed E-state index contributed by atoms with van der Waals surface area (Å²) in [5.74, 6) is 0.643. The Labute approximate surface area is 113 Å². The molecule has 0 aromatic carbocycles. The van der Waals surface area contributed by atoms with Gasteiger partial charge >= 0.3 is 11.9 Å². The van der Waals surface area contributed by atoms with Crippen molar-refractivity contribution in [2.24, 2.45) is 5.41 Å². The van der Waals surface area contributed by atoms with E-state index < -0.39 is 0 Å². The van der Waals surface area contributed by atoms with Crippen LogP contribution in [0.3, 0.4) is 0 Å². The highest BCUT2D eigenvalue weighted by Gasteiger charge is 2.44. The summed E-state index contributed by atoms with van der Waals surface area (Å²) in [6.45, 7) is 4.27. The van der Waals surface area contributed by atoms with Gasteiger partial charge in [-0.2, -0.15) is 11.8 Å². The highest BCUT2D eigenvalue weighted by molar-refractivity contribution is 7.99. The third-order valence-corrected chi connectivity index (χ3v) is 4.65. The molecule has 0 aliphatic heterocycles. The smallest absolute Gasteiger partial charge is 0.306 e. The van der Waals surface area contributed by atoms with Crippen LogP contribution in [-0.2, 0) is 19.1 Å². The summed E-state index contributed by atoms with van der Waals surface area (Å²) in [4.78, 5) is 22.6. The van der Waals surface area contributed by atoms with E-state index in [-0.39, 0.29) is 22.6 Å². The van der Waals surface area contributed by atoms with E-state index in [4.69, 9.17) is 9.47 Å². The second-order valence-corrected chi connectivity index (χ2v) is 6.31. The molecule has 1 saturated carbocycles. The van der Waals surface area contributed by atoms with E-state index in [1.54, 1.807) is 11.8 Å². The second-order valence-electron chi connectivity index (χ2n) is 4.88. The molecule has 104 valence electrons. The maximum absolute atomic E-state index is 11.3. The fraction of sp³-hybridized carbons (Fsp3) is 0.846. The first-order valence-corrected chi connectivity index (χ1v) is 7.40. The summed E-state index contributed by atoms with van der Waals surface area (Å²) in [7, 11) is 1.43. The Morgan fingerprint density at radius 1 is 1.33 bits per heavy atom. The van der Waals surface area contributed by atoms with Crippen LogP contribution in [-0.4, -0.2) is 36.7 Å². The number of ether oxygens (including phenoxy) is 2. The number of carbonyl (C=O) groups is 2. The average Bonchev–Trinajstić information content (AvgIpc) is 3.07. The molecule has 1 rings (SSSR count). The number of carbonyl (C=O) groups excluding carboxylic acids is 2. The van der Waals surface area contributed by atoms with Crippen LogP contribution >= 0.6 is 11.8 Å². The molecule has 1 aliphatic carbocycles. The van der Waals surface area contributed by atoms with Crippen molar-refractivity contribution < 1.29 is 19.1 Å². The van der Waals surface area contributed by atoms with E-state index >= 15 is 0 Å². The lowest BCUT2D eigenvalue weighted by molar-refractivity contribution is -0.143. The van der Waals surface area contributed by atoms with Gasteiger partial charge in [0.2, 0.25) is 0 Å². The van der Waals surface area contributed by atoms with Crippen molar-refractivity contribution in [3.8, 4) is 0 Å². The minimum absolute atomic E-state index is 0.126. The maximum Gasteiger partial charge on any atom is 0.306 e. The van der Waals surface area contributed by atoms with E-state index in [9.17, 15) is 9.59 Å². The molecule has 0 bridgehead atoms. The number of thioether (sulfide) groups is 1. The van der Waals surface area contributed by atoms with Crippen molar-refractivity contribution >= 4 is 23.7 Å². The molecule has 1 atom stereocenters. The summed E-state index contributed by atoms with van der Waals surface area (Å²) in [5.41, 5.74) is 0.126. The Bertz CT molecular complexity index is 299. The molecule has 0 heterocycles. The lowest BCUT2D eigenvalue weighted by Gasteiger charge is -2.16. The molecule has 1 aliphatic rings. The lowest BCUT2D eigenvalue weighted by atomic mass is 10.1. The van der Waals surface area contributed by atoms with E-state index in [1.807, 2.05) is 13.8 Å². The summed E-state index contributed by atoms with van der Waals surface area (Å²) in [6.07, 6.45) is 3.11. The van der Waals surface area contributed by atoms with Crippen molar-refractivity contribution in [2.75, 3.05) is 19.5 Å². The molecule has 0 saturated heterocycles. The molecule has 0 aromatic heterocycles. The molecule has 1 unspecified atom stereocenters. The quantitative estimate of drug-likeness (QED) is 0.636. The number of hydrogen-bond donors (Lipinski definition) is 0. The van der Waals surface area contributed by atoms with Crippen molar-refractivity contribution in [1.82, 2.24) is 0 Å². The van der Waals surface area contributed by atoms with Crippen LogP contribution in [0.4, 0.5) is 0 Å². The second kappa shape index (κ2) is 7.02. The molecule has 1 fully saturated rings. The highest BCUT2D eigenvalue weighted by Crippen LogP contribution is 2.51. The van der Waals surface area contributed by atoms with Crippen LogP contribution in [0.1, 0.15) is 39.5 Å². The van der Waals surface area contributed by atoms with Crippen LogP contribution in [0.25, 0.3) is 0 Å².